The normalized spacial score (nSPS) is 37.0. The Balaban J connectivity index is 2.78. The minimum absolute atomic E-state index is 0.0651. The van der Waals surface area contributed by atoms with Crippen LogP contribution in [0.5, 0.6) is 0 Å². The molecule has 80 valence electrons. The molecule has 0 aromatic carbocycles. The molecule has 1 rings (SSSR count). The first-order valence-electron chi connectivity index (χ1n) is 4.59. The van der Waals surface area contributed by atoms with Gasteiger partial charge in [-0.15, -0.1) is 0 Å². The van der Waals surface area contributed by atoms with E-state index in [9.17, 15) is 4.79 Å². The van der Waals surface area contributed by atoms with Crippen molar-refractivity contribution in [2.45, 2.75) is 13.8 Å². The standard InChI is InChI=1S/C10H16O4/c1-6(4-11)3-7-8(9(13)14)10(7,2)5-12/h3,7-8,11-12H,4-5H2,1-2H3,(H,13,14)/b6-3+. The molecule has 1 aliphatic rings. The van der Waals surface area contributed by atoms with Crippen molar-refractivity contribution in [2.24, 2.45) is 17.3 Å². The van der Waals surface area contributed by atoms with Crippen molar-refractivity contribution in [1.29, 1.82) is 0 Å². The summed E-state index contributed by atoms with van der Waals surface area (Å²) in [5, 5.41) is 26.8. The predicted molar refractivity (Wildman–Crippen MR) is 50.7 cm³/mol. The number of aliphatic hydroxyl groups excluding tert-OH is 2. The summed E-state index contributed by atoms with van der Waals surface area (Å²) < 4.78 is 0. The van der Waals surface area contributed by atoms with Crippen molar-refractivity contribution in [3.63, 3.8) is 0 Å². The van der Waals surface area contributed by atoms with Gasteiger partial charge >= 0.3 is 5.97 Å². The second-order valence-corrected chi connectivity index (χ2v) is 4.18. The third-order valence-electron chi connectivity index (χ3n) is 3.04. The molecule has 0 bridgehead atoms. The minimum Gasteiger partial charge on any atom is -0.481 e. The number of carboxylic acid groups (broad SMARTS) is 1. The number of aliphatic hydroxyl groups is 2. The summed E-state index contributed by atoms with van der Waals surface area (Å²) in [6, 6.07) is 0. The molecule has 3 unspecified atom stereocenters. The summed E-state index contributed by atoms with van der Waals surface area (Å²) in [7, 11) is 0. The summed E-state index contributed by atoms with van der Waals surface area (Å²) in [4.78, 5) is 10.8. The van der Waals surface area contributed by atoms with Crippen molar-refractivity contribution in [1.82, 2.24) is 0 Å². The molecular weight excluding hydrogens is 184 g/mol. The van der Waals surface area contributed by atoms with Crippen LogP contribution in [0.1, 0.15) is 13.8 Å². The monoisotopic (exact) mass is 200 g/mol. The molecule has 3 atom stereocenters. The lowest BCUT2D eigenvalue weighted by molar-refractivity contribution is -0.139. The lowest BCUT2D eigenvalue weighted by atomic mass is 10.1. The highest BCUT2D eigenvalue weighted by Gasteiger charge is 2.63. The molecule has 1 saturated carbocycles. The van der Waals surface area contributed by atoms with Crippen molar-refractivity contribution in [3.05, 3.63) is 11.6 Å². The lowest BCUT2D eigenvalue weighted by Crippen LogP contribution is -2.10. The number of allylic oxidation sites excluding steroid dienone is 1. The molecule has 0 heterocycles. The number of hydrogen-bond acceptors (Lipinski definition) is 3. The zero-order valence-corrected chi connectivity index (χ0v) is 8.40. The molecule has 0 amide bonds. The minimum atomic E-state index is -0.881. The van der Waals surface area contributed by atoms with Crippen LogP contribution < -0.4 is 0 Å². The van der Waals surface area contributed by atoms with Gasteiger partial charge in [0.1, 0.15) is 0 Å². The van der Waals surface area contributed by atoms with E-state index in [1.54, 1.807) is 19.9 Å². The number of carboxylic acids is 1. The zero-order chi connectivity index (χ0) is 10.9. The van der Waals surface area contributed by atoms with E-state index in [2.05, 4.69) is 0 Å². The number of hydrogen-bond donors (Lipinski definition) is 3. The molecule has 1 aliphatic carbocycles. The molecule has 1 fully saturated rings. The highest BCUT2D eigenvalue weighted by Crippen LogP contribution is 2.59. The fraction of sp³-hybridized carbons (Fsp3) is 0.700. The Labute approximate surface area is 82.9 Å². The topological polar surface area (TPSA) is 77.8 Å². The van der Waals surface area contributed by atoms with E-state index < -0.39 is 17.3 Å². The maximum Gasteiger partial charge on any atom is 0.307 e. The first-order valence-corrected chi connectivity index (χ1v) is 4.59. The largest absolute Gasteiger partial charge is 0.481 e. The Morgan fingerprint density at radius 2 is 2.07 bits per heavy atom. The molecule has 0 aliphatic heterocycles. The van der Waals surface area contributed by atoms with Crippen LogP contribution in [0.2, 0.25) is 0 Å². The predicted octanol–water partition coefficient (Wildman–Crippen LogP) is 0.254. The molecule has 0 spiro atoms. The Morgan fingerprint density at radius 1 is 1.50 bits per heavy atom. The van der Waals surface area contributed by atoms with Gasteiger partial charge in [-0.25, -0.2) is 0 Å². The summed E-state index contributed by atoms with van der Waals surface area (Å²) >= 11 is 0. The van der Waals surface area contributed by atoms with Crippen LogP contribution >= 0.6 is 0 Å². The van der Waals surface area contributed by atoms with Gasteiger partial charge in [0.05, 0.1) is 12.5 Å². The van der Waals surface area contributed by atoms with E-state index in [0.717, 1.165) is 5.57 Å². The highest BCUT2D eigenvalue weighted by molar-refractivity contribution is 5.76. The molecule has 0 aromatic rings. The molecular formula is C10H16O4. The molecule has 14 heavy (non-hydrogen) atoms. The van der Waals surface area contributed by atoms with E-state index in [1.807, 2.05) is 0 Å². The van der Waals surface area contributed by atoms with Crippen LogP contribution in [0.3, 0.4) is 0 Å². The molecule has 0 aromatic heterocycles. The fourth-order valence-corrected chi connectivity index (χ4v) is 1.89. The first kappa shape index (κ1) is 11.2. The smallest absolute Gasteiger partial charge is 0.307 e. The van der Waals surface area contributed by atoms with Gasteiger partial charge in [-0.1, -0.05) is 18.6 Å². The second kappa shape index (κ2) is 3.71. The Kier molecular flexibility index (Phi) is 2.97. The van der Waals surface area contributed by atoms with E-state index in [0.29, 0.717) is 0 Å². The Hall–Kier alpha value is -0.870. The molecule has 3 N–H and O–H groups in total. The molecule has 4 heteroatoms. The van der Waals surface area contributed by atoms with Gasteiger partial charge in [-0.3, -0.25) is 4.79 Å². The summed E-state index contributed by atoms with van der Waals surface area (Å²) in [5.41, 5.74) is 0.195. The van der Waals surface area contributed by atoms with Gasteiger partial charge in [0.2, 0.25) is 0 Å². The average molecular weight is 200 g/mol. The van der Waals surface area contributed by atoms with Crippen LogP contribution in [-0.2, 0) is 4.79 Å². The van der Waals surface area contributed by atoms with E-state index in [-0.39, 0.29) is 19.1 Å². The van der Waals surface area contributed by atoms with Gasteiger partial charge in [-0.2, -0.15) is 0 Å². The quantitative estimate of drug-likeness (QED) is 0.569. The highest BCUT2D eigenvalue weighted by atomic mass is 16.4. The molecule has 0 saturated heterocycles. The average Bonchev–Trinajstić information content (AvgIpc) is 2.72. The van der Waals surface area contributed by atoms with Crippen LogP contribution in [0.4, 0.5) is 0 Å². The van der Waals surface area contributed by atoms with Crippen LogP contribution in [0, 0.1) is 17.3 Å². The van der Waals surface area contributed by atoms with Crippen molar-refractivity contribution in [2.75, 3.05) is 13.2 Å². The van der Waals surface area contributed by atoms with Crippen molar-refractivity contribution >= 4 is 5.97 Å². The van der Waals surface area contributed by atoms with Crippen LogP contribution in [0.15, 0.2) is 11.6 Å². The van der Waals surface area contributed by atoms with Crippen molar-refractivity contribution in [3.8, 4) is 0 Å². The number of carbonyl (C=O) groups is 1. The van der Waals surface area contributed by atoms with Gasteiger partial charge in [0.15, 0.2) is 0 Å². The van der Waals surface area contributed by atoms with Gasteiger partial charge < -0.3 is 15.3 Å². The summed E-state index contributed by atoms with van der Waals surface area (Å²) in [6.07, 6.45) is 1.75. The van der Waals surface area contributed by atoms with E-state index in [4.69, 9.17) is 15.3 Å². The van der Waals surface area contributed by atoms with Crippen molar-refractivity contribution < 1.29 is 20.1 Å². The van der Waals surface area contributed by atoms with Gasteiger partial charge in [-0.05, 0) is 12.8 Å². The lowest BCUT2D eigenvalue weighted by Gasteiger charge is -2.03. The second-order valence-electron chi connectivity index (χ2n) is 4.18. The first-order chi connectivity index (χ1) is 6.47. The SMILES string of the molecule is C/C(=C\C1C(C(=O)O)C1(C)CO)CO. The van der Waals surface area contributed by atoms with Gasteiger partial charge in [0, 0.05) is 12.0 Å². The third kappa shape index (κ3) is 1.67. The van der Waals surface area contributed by atoms with E-state index >= 15 is 0 Å². The maximum absolute atomic E-state index is 10.8. The van der Waals surface area contributed by atoms with Gasteiger partial charge in [0.25, 0.3) is 0 Å². The van der Waals surface area contributed by atoms with E-state index in [1.165, 1.54) is 0 Å². The van der Waals surface area contributed by atoms with Crippen LogP contribution in [-0.4, -0.2) is 34.5 Å². The fourth-order valence-electron chi connectivity index (χ4n) is 1.89. The summed E-state index contributed by atoms with van der Waals surface area (Å²) in [6.45, 7) is 3.29. The summed E-state index contributed by atoms with van der Waals surface area (Å²) in [5.74, 6) is -1.56. The molecule has 4 nitrogen and oxygen atoms in total. The number of rotatable bonds is 4. The number of aliphatic carboxylic acids is 1. The van der Waals surface area contributed by atoms with Crippen LogP contribution in [0.25, 0.3) is 0 Å². The molecule has 0 radical (unpaired) electrons. The maximum atomic E-state index is 10.8. The Morgan fingerprint density at radius 3 is 2.36 bits per heavy atom. The Bertz CT molecular complexity index is 271. The third-order valence-corrected chi connectivity index (χ3v) is 3.04. The zero-order valence-electron chi connectivity index (χ0n) is 8.40.